The van der Waals surface area contributed by atoms with E-state index in [4.69, 9.17) is 5.73 Å². The molecule has 3 nitrogen and oxygen atoms in total. The van der Waals surface area contributed by atoms with E-state index in [0.717, 1.165) is 17.7 Å². The van der Waals surface area contributed by atoms with Crippen LogP contribution in [0.3, 0.4) is 0 Å². The van der Waals surface area contributed by atoms with E-state index in [1.54, 1.807) is 0 Å². The molecule has 2 N–H and O–H groups in total. The zero-order valence-corrected chi connectivity index (χ0v) is 11.5. The van der Waals surface area contributed by atoms with Crippen molar-refractivity contribution in [1.82, 2.24) is 9.55 Å². The molecule has 1 fully saturated rings. The first-order valence-electron chi connectivity index (χ1n) is 7.27. The zero-order chi connectivity index (χ0) is 13.9. The molecule has 1 heterocycles. The summed E-state index contributed by atoms with van der Waals surface area (Å²) in [6.45, 7) is 0.714. The number of hydrogen-bond acceptors (Lipinski definition) is 2. The van der Waals surface area contributed by atoms with Crippen molar-refractivity contribution in [2.75, 3.05) is 6.54 Å². The Hall–Kier alpha value is -1.68. The lowest BCUT2D eigenvalue weighted by atomic mass is 9.84. The van der Waals surface area contributed by atoms with Crippen molar-refractivity contribution in [1.29, 1.82) is 0 Å². The minimum Gasteiger partial charge on any atom is -0.330 e. The second-order valence-corrected chi connectivity index (χ2v) is 5.54. The Balaban J connectivity index is 1.95. The smallest absolute Gasteiger partial charge is 0.123 e. The highest BCUT2D eigenvalue weighted by Crippen LogP contribution is 2.36. The molecule has 0 amide bonds. The number of imidazole rings is 1. The van der Waals surface area contributed by atoms with Gasteiger partial charge in [-0.2, -0.15) is 0 Å². The molecule has 20 heavy (non-hydrogen) atoms. The summed E-state index contributed by atoms with van der Waals surface area (Å²) >= 11 is 0. The average molecular weight is 273 g/mol. The lowest BCUT2D eigenvalue weighted by Crippen LogP contribution is -2.29. The molecule has 1 aromatic carbocycles. The van der Waals surface area contributed by atoms with Crippen LogP contribution in [-0.4, -0.2) is 16.1 Å². The fourth-order valence-electron chi connectivity index (χ4n) is 3.24. The third-order valence-corrected chi connectivity index (χ3v) is 4.34. The number of rotatable bonds is 3. The number of nitrogens with zero attached hydrogens (tertiary/aromatic N) is 2. The van der Waals surface area contributed by atoms with Crippen LogP contribution in [-0.2, 0) is 0 Å². The summed E-state index contributed by atoms with van der Waals surface area (Å²) in [6.07, 6.45) is 8.57. The molecule has 1 aliphatic rings. The molecule has 106 valence electrons. The molecule has 1 saturated carbocycles. The summed E-state index contributed by atoms with van der Waals surface area (Å²) in [4.78, 5) is 4.29. The van der Waals surface area contributed by atoms with E-state index in [1.807, 2.05) is 24.7 Å². The van der Waals surface area contributed by atoms with Crippen molar-refractivity contribution < 1.29 is 4.39 Å². The number of aromatic nitrogens is 2. The van der Waals surface area contributed by atoms with Gasteiger partial charge in [-0.05, 0) is 55.1 Å². The van der Waals surface area contributed by atoms with Gasteiger partial charge >= 0.3 is 0 Å². The third-order valence-electron chi connectivity index (χ3n) is 4.34. The maximum absolute atomic E-state index is 13.1. The SMILES string of the molecule is NCC1CCCCC1n1cncc1-c1ccc(F)cc1. The molecule has 1 aliphatic carbocycles. The largest absolute Gasteiger partial charge is 0.330 e. The Kier molecular flexibility index (Phi) is 3.83. The first kappa shape index (κ1) is 13.3. The van der Waals surface area contributed by atoms with Gasteiger partial charge in [0, 0.05) is 6.04 Å². The summed E-state index contributed by atoms with van der Waals surface area (Å²) in [5.41, 5.74) is 7.98. The standard InChI is InChI=1S/C16H20FN3/c17-14-7-5-12(6-8-14)16-10-19-11-20(16)15-4-2-1-3-13(15)9-18/h5-8,10-11,13,15H,1-4,9,18H2. The summed E-state index contributed by atoms with van der Waals surface area (Å²) in [6, 6.07) is 7.02. The molecule has 0 aliphatic heterocycles. The van der Waals surface area contributed by atoms with Crippen LogP contribution in [0.4, 0.5) is 4.39 Å². The maximum Gasteiger partial charge on any atom is 0.123 e. The second-order valence-electron chi connectivity index (χ2n) is 5.54. The predicted octanol–water partition coefficient (Wildman–Crippen LogP) is 3.38. The Morgan fingerprint density at radius 3 is 2.70 bits per heavy atom. The van der Waals surface area contributed by atoms with Gasteiger partial charge in [-0.15, -0.1) is 0 Å². The van der Waals surface area contributed by atoms with Gasteiger partial charge in [0.15, 0.2) is 0 Å². The molecule has 2 unspecified atom stereocenters. The molecule has 0 radical (unpaired) electrons. The van der Waals surface area contributed by atoms with E-state index in [2.05, 4.69) is 9.55 Å². The van der Waals surface area contributed by atoms with Crippen molar-refractivity contribution in [3.8, 4) is 11.3 Å². The Labute approximate surface area is 118 Å². The topological polar surface area (TPSA) is 43.8 Å². The molecule has 0 spiro atoms. The number of benzene rings is 1. The van der Waals surface area contributed by atoms with Crippen molar-refractivity contribution in [3.63, 3.8) is 0 Å². The monoisotopic (exact) mass is 273 g/mol. The van der Waals surface area contributed by atoms with Crippen molar-refractivity contribution >= 4 is 0 Å². The van der Waals surface area contributed by atoms with Crippen LogP contribution < -0.4 is 5.73 Å². The molecule has 0 saturated heterocycles. The normalized spacial score (nSPS) is 22.9. The first-order valence-corrected chi connectivity index (χ1v) is 7.27. The van der Waals surface area contributed by atoms with Gasteiger partial charge in [-0.25, -0.2) is 9.37 Å². The zero-order valence-electron chi connectivity index (χ0n) is 11.5. The van der Waals surface area contributed by atoms with Gasteiger partial charge in [-0.3, -0.25) is 0 Å². The van der Waals surface area contributed by atoms with Crippen molar-refractivity contribution in [3.05, 3.63) is 42.6 Å². The van der Waals surface area contributed by atoms with Crippen LogP contribution >= 0.6 is 0 Å². The number of halogens is 1. The Morgan fingerprint density at radius 1 is 1.20 bits per heavy atom. The third kappa shape index (κ3) is 2.48. The summed E-state index contributed by atoms with van der Waals surface area (Å²) in [5, 5.41) is 0. The minimum atomic E-state index is -0.211. The summed E-state index contributed by atoms with van der Waals surface area (Å²) in [5.74, 6) is 0.300. The van der Waals surface area contributed by atoms with Gasteiger partial charge in [0.2, 0.25) is 0 Å². The van der Waals surface area contributed by atoms with Crippen LogP contribution in [0.15, 0.2) is 36.8 Å². The van der Waals surface area contributed by atoms with E-state index in [1.165, 1.54) is 31.4 Å². The molecular formula is C16H20FN3. The van der Waals surface area contributed by atoms with E-state index in [9.17, 15) is 4.39 Å². The maximum atomic E-state index is 13.1. The van der Waals surface area contributed by atoms with Crippen LogP contribution in [0.2, 0.25) is 0 Å². The number of nitrogens with two attached hydrogens (primary N) is 1. The molecule has 3 rings (SSSR count). The summed E-state index contributed by atoms with van der Waals surface area (Å²) < 4.78 is 15.3. The minimum absolute atomic E-state index is 0.211. The molecule has 2 aromatic rings. The number of hydrogen-bond donors (Lipinski definition) is 1. The van der Waals surface area contributed by atoms with Crippen LogP contribution in [0.25, 0.3) is 11.3 Å². The quantitative estimate of drug-likeness (QED) is 0.931. The fraction of sp³-hybridized carbons (Fsp3) is 0.438. The lowest BCUT2D eigenvalue weighted by molar-refractivity contribution is 0.246. The van der Waals surface area contributed by atoms with Crippen molar-refractivity contribution in [2.24, 2.45) is 11.7 Å². The lowest BCUT2D eigenvalue weighted by Gasteiger charge is -2.32. The summed E-state index contributed by atoms with van der Waals surface area (Å²) in [7, 11) is 0. The van der Waals surface area contributed by atoms with Crippen LogP contribution in [0.1, 0.15) is 31.7 Å². The predicted molar refractivity (Wildman–Crippen MR) is 77.7 cm³/mol. The van der Waals surface area contributed by atoms with E-state index < -0.39 is 0 Å². The van der Waals surface area contributed by atoms with Gasteiger partial charge in [0.05, 0.1) is 18.2 Å². The first-order chi connectivity index (χ1) is 9.79. The molecular weight excluding hydrogens is 253 g/mol. The van der Waals surface area contributed by atoms with Crippen LogP contribution in [0, 0.1) is 11.7 Å². The average Bonchev–Trinajstić information content (AvgIpc) is 2.97. The molecule has 4 heteroatoms. The second kappa shape index (κ2) is 5.75. The highest BCUT2D eigenvalue weighted by molar-refractivity contribution is 5.58. The van der Waals surface area contributed by atoms with E-state index >= 15 is 0 Å². The fourth-order valence-corrected chi connectivity index (χ4v) is 3.24. The highest BCUT2D eigenvalue weighted by Gasteiger charge is 2.26. The van der Waals surface area contributed by atoms with Crippen molar-refractivity contribution in [2.45, 2.75) is 31.7 Å². The van der Waals surface area contributed by atoms with E-state index in [0.29, 0.717) is 18.5 Å². The Morgan fingerprint density at radius 2 is 1.95 bits per heavy atom. The molecule has 2 atom stereocenters. The van der Waals surface area contributed by atoms with Crippen LogP contribution in [0.5, 0.6) is 0 Å². The molecule has 0 bridgehead atoms. The van der Waals surface area contributed by atoms with E-state index in [-0.39, 0.29) is 5.82 Å². The molecule has 1 aromatic heterocycles. The van der Waals surface area contributed by atoms with Gasteiger partial charge in [0.1, 0.15) is 5.82 Å². The Bertz CT molecular complexity index is 561. The highest BCUT2D eigenvalue weighted by atomic mass is 19.1. The van der Waals surface area contributed by atoms with Gasteiger partial charge in [0.25, 0.3) is 0 Å². The van der Waals surface area contributed by atoms with Gasteiger partial charge < -0.3 is 10.3 Å². The van der Waals surface area contributed by atoms with Gasteiger partial charge in [-0.1, -0.05) is 12.8 Å².